The molecule has 0 spiro atoms. The molecule has 0 saturated carbocycles. The highest BCUT2D eigenvalue weighted by molar-refractivity contribution is 7.14. The number of hydrogen-bond acceptors (Lipinski definition) is 4. The number of carbonyl (C=O) groups is 1. The van der Waals surface area contributed by atoms with Crippen molar-refractivity contribution in [2.75, 3.05) is 5.32 Å². The lowest BCUT2D eigenvalue weighted by Gasteiger charge is -2.14. The maximum Gasteiger partial charge on any atom is 0.357 e. The molecule has 2 rings (SSSR count). The topological polar surface area (TPSA) is 62.2 Å². The van der Waals surface area contributed by atoms with Crippen molar-refractivity contribution < 1.29 is 9.90 Å². The van der Waals surface area contributed by atoms with Gasteiger partial charge >= 0.3 is 5.97 Å². The van der Waals surface area contributed by atoms with Crippen LogP contribution in [0.4, 0.5) is 5.00 Å². The van der Waals surface area contributed by atoms with Crippen molar-refractivity contribution in [1.82, 2.24) is 4.98 Å². The van der Waals surface area contributed by atoms with E-state index in [9.17, 15) is 4.79 Å². The lowest BCUT2D eigenvalue weighted by molar-refractivity contribution is 0.0692. The number of hydrogen-bond donors (Lipinski definition) is 2. The van der Waals surface area contributed by atoms with Crippen LogP contribution >= 0.6 is 11.3 Å². The summed E-state index contributed by atoms with van der Waals surface area (Å²) in [4.78, 5) is 14.8. The van der Waals surface area contributed by atoms with Crippen molar-refractivity contribution in [3.63, 3.8) is 0 Å². The largest absolute Gasteiger partial charge is 0.476 e. The maximum atomic E-state index is 10.9. The molecule has 0 aliphatic rings. The Morgan fingerprint density at radius 1 is 1.44 bits per heavy atom. The number of nitrogens with zero attached hydrogens (tertiary/aromatic N) is 1. The number of aromatic nitrogens is 1. The molecule has 0 bridgehead atoms. The maximum absolute atomic E-state index is 10.9. The van der Waals surface area contributed by atoms with Crippen LogP contribution in [0.2, 0.25) is 0 Å². The number of benzene rings is 1. The molecule has 18 heavy (non-hydrogen) atoms. The average molecular weight is 262 g/mol. The minimum atomic E-state index is -0.995. The predicted octanol–water partition coefficient (Wildman–Crippen LogP) is 2.88. The normalized spacial score (nSPS) is 12.1. The fraction of sp³-hybridized carbons (Fsp3) is 0.231. The molecule has 1 aromatic carbocycles. The van der Waals surface area contributed by atoms with E-state index in [2.05, 4.69) is 22.4 Å². The Bertz CT molecular complexity index is 525. The van der Waals surface area contributed by atoms with Crippen molar-refractivity contribution in [2.45, 2.75) is 19.4 Å². The van der Waals surface area contributed by atoms with Crippen LogP contribution in [0, 0.1) is 0 Å². The Morgan fingerprint density at radius 3 is 2.83 bits per heavy atom. The second kappa shape index (κ2) is 5.64. The standard InChI is InChI=1S/C13H14N2O2S/c1-9(7-10-5-3-2-4-6-10)15-12-11(13(16)17)14-8-18-12/h2-6,8-9,15H,7H2,1H3,(H,16,17). The van der Waals surface area contributed by atoms with Gasteiger partial charge in [-0.05, 0) is 18.9 Å². The molecule has 1 unspecified atom stereocenters. The van der Waals surface area contributed by atoms with E-state index in [1.54, 1.807) is 5.51 Å². The molecule has 0 aliphatic carbocycles. The molecule has 5 heteroatoms. The van der Waals surface area contributed by atoms with Gasteiger partial charge in [-0.25, -0.2) is 9.78 Å². The van der Waals surface area contributed by atoms with Gasteiger partial charge < -0.3 is 10.4 Å². The highest BCUT2D eigenvalue weighted by Crippen LogP contribution is 2.21. The molecule has 0 amide bonds. The Morgan fingerprint density at radius 2 is 2.17 bits per heavy atom. The summed E-state index contributed by atoms with van der Waals surface area (Å²) < 4.78 is 0. The first-order valence-electron chi connectivity index (χ1n) is 5.64. The van der Waals surface area contributed by atoms with E-state index in [0.29, 0.717) is 5.00 Å². The van der Waals surface area contributed by atoms with E-state index in [1.807, 2.05) is 25.1 Å². The van der Waals surface area contributed by atoms with E-state index in [4.69, 9.17) is 5.11 Å². The van der Waals surface area contributed by atoms with Gasteiger partial charge in [0.15, 0.2) is 5.69 Å². The van der Waals surface area contributed by atoms with Gasteiger partial charge in [0.05, 0.1) is 5.51 Å². The molecule has 2 aromatic rings. The molecule has 0 aliphatic heterocycles. The Balaban J connectivity index is 2.01. The van der Waals surface area contributed by atoms with Crippen LogP contribution in [0.15, 0.2) is 35.8 Å². The fourth-order valence-corrected chi connectivity index (χ4v) is 2.53. The lowest BCUT2D eigenvalue weighted by atomic mass is 10.1. The van der Waals surface area contributed by atoms with Crippen LogP contribution in [0.1, 0.15) is 23.0 Å². The SMILES string of the molecule is CC(Cc1ccccc1)Nc1scnc1C(=O)O. The van der Waals surface area contributed by atoms with Gasteiger partial charge in [0.25, 0.3) is 0 Å². The fourth-order valence-electron chi connectivity index (χ4n) is 1.74. The summed E-state index contributed by atoms with van der Waals surface area (Å²) in [6, 6.07) is 10.2. The van der Waals surface area contributed by atoms with E-state index in [-0.39, 0.29) is 11.7 Å². The van der Waals surface area contributed by atoms with Crippen molar-refractivity contribution in [1.29, 1.82) is 0 Å². The Hall–Kier alpha value is -1.88. The van der Waals surface area contributed by atoms with Gasteiger partial charge in [-0.2, -0.15) is 0 Å². The van der Waals surface area contributed by atoms with Gasteiger partial charge in [-0.3, -0.25) is 0 Å². The van der Waals surface area contributed by atoms with E-state index >= 15 is 0 Å². The minimum absolute atomic E-state index is 0.0971. The highest BCUT2D eigenvalue weighted by Gasteiger charge is 2.15. The van der Waals surface area contributed by atoms with Crippen LogP contribution in [0.5, 0.6) is 0 Å². The smallest absolute Gasteiger partial charge is 0.357 e. The number of thiazole rings is 1. The molecule has 4 nitrogen and oxygen atoms in total. The van der Waals surface area contributed by atoms with Crippen LogP contribution in [0.3, 0.4) is 0 Å². The molecule has 1 heterocycles. The lowest BCUT2D eigenvalue weighted by Crippen LogP contribution is -2.19. The summed E-state index contributed by atoms with van der Waals surface area (Å²) >= 11 is 1.31. The first-order chi connectivity index (χ1) is 8.66. The molecule has 94 valence electrons. The van der Waals surface area contributed by atoms with Gasteiger partial charge in [-0.15, -0.1) is 11.3 Å². The zero-order valence-electron chi connectivity index (χ0n) is 9.96. The second-order valence-electron chi connectivity index (χ2n) is 4.07. The van der Waals surface area contributed by atoms with Gasteiger partial charge in [0.2, 0.25) is 0 Å². The summed E-state index contributed by atoms with van der Waals surface area (Å²) in [7, 11) is 0. The third kappa shape index (κ3) is 3.07. The summed E-state index contributed by atoms with van der Waals surface area (Å²) in [6.07, 6.45) is 0.845. The van der Waals surface area contributed by atoms with Crippen LogP contribution in [-0.2, 0) is 6.42 Å². The number of anilines is 1. The minimum Gasteiger partial charge on any atom is -0.476 e. The molecular weight excluding hydrogens is 248 g/mol. The number of carboxylic acid groups (broad SMARTS) is 1. The van der Waals surface area contributed by atoms with Crippen molar-refractivity contribution in [2.24, 2.45) is 0 Å². The van der Waals surface area contributed by atoms with E-state index in [0.717, 1.165) is 6.42 Å². The van der Waals surface area contributed by atoms with Gasteiger partial charge in [-0.1, -0.05) is 30.3 Å². The molecule has 0 saturated heterocycles. The zero-order valence-corrected chi connectivity index (χ0v) is 10.8. The zero-order chi connectivity index (χ0) is 13.0. The monoisotopic (exact) mass is 262 g/mol. The average Bonchev–Trinajstić information content (AvgIpc) is 2.78. The molecule has 1 aromatic heterocycles. The van der Waals surface area contributed by atoms with E-state index in [1.165, 1.54) is 16.9 Å². The third-order valence-corrected chi connectivity index (χ3v) is 3.29. The first kappa shape index (κ1) is 12.6. The predicted molar refractivity (Wildman–Crippen MR) is 72.3 cm³/mol. The summed E-state index contributed by atoms with van der Waals surface area (Å²) in [6.45, 7) is 2.03. The molecular formula is C13H14N2O2S. The molecule has 2 N–H and O–H groups in total. The van der Waals surface area contributed by atoms with Crippen LogP contribution in [-0.4, -0.2) is 22.1 Å². The van der Waals surface area contributed by atoms with Crippen molar-refractivity contribution in [3.05, 3.63) is 47.1 Å². The second-order valence-corrected chi connectivity index (χ2v) is 4.93. The number of aromatic carboxylic acids is 1. The molecule has 0 fully saturated rings. The highest BCUT2D eigenvalue weighted by atomic mass is 32.1. The number of rotatable bonds is 5. The third-order valence-electron chi connectivity index (χ3n) is 2.53. The Kier molecular flexibility index (Phi) is 3.94. The number of nitrogens with one attached hydrogen (secondary N) is 1. The molecule has 1 atom stereocenters. The number of carboxylic acids is 1. The summed E-state index contributed by atoms with van der Waals surface area (Å²) in [5, 5.41) is 12.8. The summed E-state index contributed by atoms with van der Waals surface area (Å²) in [5.41, 5.74) is 2.86. The quantitative estimate of drug-likeness (QED) is 0.869. The van der Waals surface area contributed by atoms with Crippen LogP contribution in [0.25, 0.3) is 0 Å². The first-order valence-corrected chi connectivity index (χ1v) is 6.52. The Labute approximate surface area is 109 Å². The van der Waals surface area contributed by atoms with Crippen molar-refractivity contribution in [3.8, 4) is 0 Å². The van der Waals surface area contributed by atoms with E-state index < -0.39 is 5.97 Å². The molecule has 0 radical (unpaired) electrons. The van der Waals surface area contributed by atoms with Gasteiger partial charge in [0.1, 0.15) is 5.00 Å². The van der Waals surface area contributed by atoms with Crippen LogP contribution < -0.4 is 5.32 Å². The summed E-state index contributed by atoms with van der Waals surface area (Å²) in [5.74, 6) is -0.995. The van der Waals surface area contributed by atoms with Crippen molar-refractivity contribution >= 4 is 22.3 Å². The van der Waals surface area contributed by atoms with Gasteiger partial charge in [0, 0.05) is 6.04 Å².